The van der Waals surface area contributed by atoms with E-state index in [1.165, 1.54) is 32.1 Å². The highest BCUT2D eigenvalue weighted by Crippen LogP contribution is 2.40. The number of nitrogens with zero attached hydrogens (tertiary/aromatic N) is 3. The number of hydrogen-bond acceptors (Lipinski definition) is 4. The topological polar surface area (TPSA) is 67.8 Å². The number of carbonyl (C=O) groups excluding carboxylic acids is 1. The van der Waals surface area contributed by atoms with Crippen molar-refractivity contribution in [1.29, 1.82) is 0 Å². The van der Waals surface area contributed by atoms with Gasteiger partial charge in [-0.25, -0.2) is 9.97 Å². The first-order valence-corrected chi connectivity index (χ1v) is 10.6. The maximum atomic E-state index is 12.7. The second-order valence-corrected chi connectivity index (χ2v) is 9.21. The van der Waals surface area contributed by atoms with Crippen LogP contribution in [0, 0.1) is 11.3 Å². The summed E-state index contributed by atoms with van der Waals surface area (Å²) in [7, 11) is 0. The van der Waals surface area contributed by atoms with E-state index in [9.17, 15) is 4.79 Å². The lowest BCUT2D eigenvalue weighted by Crippen LogP contribution is -2.38. The monoisotopic (exact) mass is 378 g/mol. The third-order valence-electron chi connectivity index (χ3n) is 6.13. The molecule has 1 N–H and O–H groups in total. The molecule has 4 rings (SSSR count). The molecule has 1 amide bonds. The highest BCUT2D eigenvalue weighted by molar-refractivity contribution is 5.76. The van der Waals surface area contributed by atoms with E-state index in [1.54, 1.807) is 12.4 Å². The molecule has 2 aromatic heterocycles. The summed E-state index contributed by atoms with van der Waals surface area (Å²) >= 11 is 0. The van der Waals surface area contributed by atoms with E-state index in [4.69, 9.17) is 4.98 Å². The van der Waals surface area contributed by atoms with Gasteiger partial charge in [-0.15, -0.1) is 0 Å². The van der Waals surface area contributed by atoms with E-state index in [1.807, 2.05) is 18.3 Å². The summed E-state index contributed by atoms with van der Waals surface area (Å²) in [6, 6.07) is 3.88. The minimum absolute atomic E-state index is 0.00205. The zero-order chi connectivity index (χ0) is 19.6. The van der Waals surface area contributed by atoms with Crippen LogP contribution in [0.5, 0.6) is 0 Å². The third-order valence-corrected chi connectivity index (χ3v) is 6.13. The average molecular weight is 379 g/mol. The van der Waals surface area contributed by atoms with Gasteiger partial charge in [0.05, 0.1) is 11.7 Å². The van der Waals surface area contributed by atoms with E-state index in [-0.39, 0.29) is 17.4 Å². The summed E-state index contributed by atoms with van der Waals surface area (Å²) < 4.78 is 0. The molecule has 5 heteroatoms. The minimum atomic E-state index is -0.00205. The molecule has 0 aliphatic heterocycles. The molecular formula is C23H30N4O. The number of nitrogens with one attached hydrogen (secondary N) is 1. The van der Waals surface area contributed by atoms with Crippen molar-refractivity contribution < 1.29 is 4.79 Å². The predicted molar refractivity (Wildman–Crippen MR) is 109 cm³/mol. The second kappa shape index (κ2) is 7.98. The van der Waals surface area contributed by atoms with Crippen molar-refractivity contribution in [2.75, 3.05) is 0 Å². The summed E-state index contributed by atoms with van der Waals surface area (Å²) in [5.74, 6) is 1.43. The van der Waals surface area contributed by atoms with Gasteiger partial charge in [-0.05, 0) is 49.1 Å². The van der Waals surface area contributed by atoms with Crippen LogP contribution >= 0.6 is 0 Å². The van der Waals surface area contributed by atoms with E-state index < -0.39 is 0 Å². The van der Waals surface area contributed by atoms with Crippen molar-refractivity contribution >= 4 is 5.91 Å². The molecule has 2 aromatic rings. The van der Waals surface area contributed by atoms with Crippen LogP contribution < -0.4 is 5.32 Å². The Balaban J connectivity index is 1.53. The van der Waals surface area contributed by atoms with Crippen LogP contribution in [0.4, 0.5) is 0 Å². The van der Waals surface area contributed by atoms with Crippen LogP contribution in [0.15, 0.2) is 30.7 Å². The fraction of sp³-hybridized carbons (Fsp3) is 0.565. The number of hydrogen-bond donors (Lipinski definition) is 1. The van der Waals surface area contributed by atoms with Crippen LogP contribution in [0.1, 0.15) is 76.1 Å². The van der Waals surface area contributed by atoms with Crippen LogP contribution in [-0.4, -0.2) is 20.9 Å². The molecule has 1 fully saturated rings. The van der Waals surface area contributed by atoms with Crippen molar-refractivity contribution in [3.8, 4) is 11.4 Å². The molecule has 28 heavy (non-hydrogen) atoms. The predicted octanol–water partition coefficient (Wildman–Crippen LogP) is 4.64. The molecule has 0 aromatic carbocycles. The van der Waals surface area contributed by atoms with Gasteiger partial charge in [0.1, 0.15) is 0 Å². The van der Waals surface area contributed by atoms with E-state index in [0.717, 1.165) is 29.7 Å². The van der Waals surface area contributed by atoms with Crippen molar-refractivity contribution in [2.24, 2.45) is 11.3 Å². The van der Waals surface area contributed by atoms with Gasteiger partial charge in [0.15, 0.2) is 5.82 Å². The molecule has 148 valence electrons. The molecule has 0 bridgehead atoms. The fourth-order valence-electron chi connectivity index (χ4n) is 4.72. The smallest absolute Gasteiger partial charge is 0.220 e. The van der Waals surface area contributed by atoms with Gasteiger partial charge in [-0.2, -0.15) is 0 Å². The fourth-order valence-corrected chi connectivity index (χ4v) is 4.72. The highest BCUT2D eigenvalue weighted by Gasteiger charge is 2.34. The van der Waals surface area contributed by atoms with Crippen molar-refractivity contribution in [2.45, 2.75) is 71.3 Å². The average Bonchev–Trinajstić information content (AvgIpc) is 2.68. The quantitative estimate of drug-likeness (QED) is 0.842. The first kappa shape index (κ1) is 19.0. The number of aromatic nitrogens is 3. The van der Waals surface area contributed by atoms with Gasteiger partial charge in [-0.3, -0.25) is 9.78 Å². The molecule has 5 nitrogen and oxygen atoms in total. The Hall–Kier alpha value is -2.30. The van der Waals surface area contributed by atoms with Crippen molar-refractivity contribution in [1.82, 2.24) is 20.3 Å². The van der Waals surface area contributed by atoms with E-state index >= 15 is 0 Å². The maximum Gasteiger partial charge on any atom is 0.220 e. The second-order valence-electron chi connectivity index (χ2n) is 9.21. The highest BCUT2D eigenvalue weighted by atomic mass is 16.1. The Kier molecular flexibility index (Phi) is 5.42. The molecule has 1 saturated carbocycles. The molecule has 0 radical (unpaired) electrons. The van der Waals surface area contributed by atoms with E-state index in [2.05, 4.69) is 29.1 Å². The number of rotatable bonds is 4. The van der Waals surface area contributed by atoms with Gasteiger partial charge in [-0.1, -0.05) is 33.1 Å². The summed E-state index contributed by atoms with van der Waals surface area (Å²) in [5.41, 5.74) is 3.14. The molecule has 0 saturated heterocycles. The Bertz CT molecular complexity index is 828. The third kappa shape index (κ3) is 4.40. The lowest BCUT2D eigenvalue weighted by atomic mass is 9.74. The number of pyridine rings is 1. The molecule has 2 aliphatic rings. The van der Waals surface area contributed by atoms with Crippen molar-refractivity contribution in [3.63, 3.8) is 0 Å². The summed E-state index contributed by atoms with van der Waals surface area (Å²) in [5, 5.41) is 3.31. The Morgan fingerprint density at radius 3 is 2.79 bits per heavy atom. The summed E-state index contributed by atoms with van der Waals surface area (Å²) in [4.78, 5) is 26.3. The number of carbonyl (C=O) groups is 1. The molecular weight excluding hydrogens is 348 g/mol. The molecule has 1 atom stereocenters. The minimum Gasteiger partial charge on any atom is -0.349 e. The van der Waals surface area contributed by atoms with Crippen LogP contribution in [0.25, 0.3) is 11.4 Å². The van der Waals surface area contributed by atoms with Gasteiger partial charge in [0, 0.05) is 36.1 Å². The van der Waals surface area contributed by atoms with Crippen LogP contribution in [0.2, 0.25) is 0 Å². The first-order chi connectivity index (χ1) is 13.5. The summed E-state index contributed by atoms with van der Waals surface area (Å²) in [6.45, 7) is 4.50. The molecule has 2 heterocycles. The molecule has 2 aliphatic carbocycles. The normalized spacial score (nSPS) is 21.7. The van der Waals surface area contributed by atoms with Gasteiger partial charge in [0.2, 0.25) is 5.91 Å². The Morgan fingerprint density at radius 2 is 2.04 bits per heavy atom. The zero-order valence-corrected chi connectivity index (χ0v) is 16.9. The lowest BCUT2D eigenvalue weighted by molar-refractivity contribution is -0.123. The first-order valence-electron chi connectivity index (χ1n) is 10.6. The number of amides is 1. The Labute approximate surface area is 167 Å². The van der Waals surface area contributed by atoms with Crippen molar-refractivity contribution in [3.05, 3.63) is 42.0 Å². The van der Waals surface area contributed by atoms with E-state index in [0.29, 0.717) is 18.2 Å². The molecule has 0 spiro atoms. The maximum absolute atomic E-state index is 12.7. The zero-order valence-electron chi connectivity index (χ0n) is 16.9. The molecule has 1 unspecified atom stereocenters. The largest absolute Gasteiger partial charge is 0.349 e. The Morgan fingerprint density at radius 1 is 1.21 bits per heavy atom. The number of fused-ring (bicyclic) bond motifs is 1. The van der Waals surface area contributed by atoms with Gasteiger partial charge < -0.3 is 5.32 Å². The van der Waals surface area contributed by atoms with Gasteiger partial charge >= 0.3 is 0 Å². The van der Waals surface area contributed by atoms with Crippen LogP contribution in [-0.2, 0) is 11.2 Å². The summed E-state index contributed by atoms with van der Waals surface area (Å²) in [6.07, 6.45) is 14.2. The van der Waals surface area contributed by atoms with Gasteiger partial charge in [0.25, 0.3) is 0 Å². The SMILES string of the molecule is CC1(C)Cc2nc(-c3cccnc3)ncc2C(NC(=O)CC2CCCCC2)C1. The lowest BCUT2D eigenvalue weighted by Gasteiger charge is -2.36. The standard InChI is InChI=1S/C23H30N4O/c1-23(2)12-19(26-21(28)11-16-7-4-3-5-8-16)18-15-25-22(27-20(18)13-23)17-9-6-10-24-14-17/h6,9-10,14-16,19H,3-5,7-8,11-13H2,1-2H3,(H,26,28). The van der Waals surface area contributed by atoms with Crippen LogP contribution in [0.3, 0.4) is 0 Å².